The van der Waals surface area contributed by atoms with Crippen molar-refractivity contribution in [3.8, 4) is 0 Å². The Hall–Kier alpha value is -1.48. The quantitative estimate of drug-likeness (QED) is 0.772. The molecular formula is C14H16N2O4S2. The van der Waals surface area contributed by atoms with Gasteiger partial charge >= 0.3 is 0 Å². The fourth-order valence-corrected chi connectivity index (χ4v) is 4.95. The molecule has 0 N–H and O–H groups in total. The Kier molecular flexibility index (Phi) is 4.44. The third kappa shape index (κ3) is 3.14. The van der Waals surface area contributed by atoms with Gasteiger partial charge in [0.15, 0.2) is 5.76 Å². The number of piperazine rings is 1. The van der Waals surface area contributed by atoms with Gasteiger partial charge in [-0.1, -0.05) is 6.07 Å². The van der Waals surface area contributed by atoms with Gasteiger partial charge in [0.2, 0.25) is 5.78 Å². The van der Waals surface area contributed by atoms with Crippen LogP contribution in [0.15, 0.2) is 44.5 Å². The first-order valence-corrected chi connectivity index (χ1v) is 9.22. The molecule has 0 amide bonds. The molecule has 22 heavy (non-hydrogen) atoms. The van der Waals surface area contributed by atoms with Crippen LogP contribution in [0.1, 0.15) is 10.6 Å². The van der Waals surface area contributed by atoms with Crippen LogP contribution < -0.4 is 0 Å². The highest BCUT2D eigenvalue weighted by molar-refractivity contribution is 7.91. The van der Waals surface area contributed by atoms with Gasteiger partial charge in [-0.25, -0.2) is 8.42 Å². The normalized spacial score (nSPS) is 17.6. The summed E-state index contributed by atoms with van der Waals surface area (Å²) in [4.78, 5) is 13.9. The summed E-state index contributed by atoms with van der Waals surface area (Å²) in [6.07, 6.45) is 1.47. The van der Waals surface area contributed by atoms with E-state index in [-0.39, 0.29) is 12.3 Å². The minimum atomic E-state index is -3.39. The predicted molar refractivity (Wildman–Crippen MR) is 82.6 cm³/mol. The zero-order valence-corrected chi connectivity index (χ0v) is 13.5. The number of nitrogens with zero attached hydrogens (tertiary/aromatic N) is 2. The predicted octanol–water partition coefficient (Wildman–Crippen LogP) is 1.53. The first-order chi connectivity index (χ1) is 10.6. The standard InChI is InChI=1S/C14H16N2O4S2/c17-12(13-3-1-9-20-13)11-15-5-7-16(8-6-15)22(18,19)14-4-2-10-21-14/h1-4,9-10H,5-8,11H2. The summed E-state index contributed by atoms with van der Waals surface area (Å²) in [7, 11) is -3.39. The van der Waals surface area contributed by atoms with Gasteiger partial charge in [0.1, 0.15) is 4.21 Å². The largest absolute Gasteiger partial charge is 0.461 e. The zero-order chi connectivity index (χ0) is 15.6. The van der Waals surface area contributed by atoms with E-state index < -0.39 is 10.0 Å². The van der Waals surface area contributed by atoms with Gasteiger partial charge in [-0.2, -0.15) is 4.31 Å². The smallest absolute Gasteiger partial charge is 0.252 e. The third-order valence-corrected chi connectivity index (χ3v) is 6.86. The lowest BCUT2D eigenvalue weighted by atomic mass is 10.2. The molecule has 0 spiro atoms. The van der Waals surface area contributed by atoms with Gasteiger partial charge in [0, 0.05) is 26.2 Å². The zero-order valence-electron chi connectivity index (χ0n) is 11.8. The van der Waals surface area contributed by atoms with Crippen LogP contribution in [0, 0.1) is 0 Å². The molecule has 1 aliphatic heterocycles. The lowest BCUT2D eigenvalue weighted by Crippen LogP contribution is -2.49. The summed E-state index contributed by atoms with van der Waals surface area (Å²) in [5.74, 6) is 0.258. The molecule has 0 bridgehead atoms. The summed E-state index contributed by atoms with van der Waals surface area (Å²) < 4.78 is 31.7. The lowest BCUT2D eigenvalue weighted by Gasteiger charge is -2.33. The highest BCUT2D eigenvalue weighted by Gasteiger charge is 2.29. The van der Waals surface area contributed by atoms with Crippen molar-refractivity contribution in [1.82, 2.24) is 9.21 Å². The van der Waals surface area contributed by atoms with Crippen molar-refractivity contribution in [2.45, 2.75) is 4.21 Å². The molecule has 1 fully saturated rings. The van der Waals surface area contributed by atoms with Crippen LogP contribution in [-0.2, 0) is 10.0 Å². The van der Waals surface area contributed by atoms with Crippen molar-refractivity contribution in [3.63, 3.8) is 0 Å². The Morgan fingerprint density at radius 2 is 1.95 bits per heavy atom. The third-order valence-electron chi connectivity index (χ3n) is 3.58. The Morgan fingerprint density at radius 3 is 2.55 bits per heavy atom. The second kappa shape index (κ2) is 6.33. The lowest BCUT2D eigenvalue weighted by molar-refractivity contribution is 0.0874. The molecule has 0 saturated carbocycles. The van der Waals surface area contributed by atoms with Crippen LogP contribution in [0.25, 0.3) is 0 Å². The maximum Gasteiger partial charge on any atom is 0.252 e. The molecule has 0 aliphatic carbocycles. The number of rotatable bonds is 5. The van der Waals surface area contributed by atoms with E-state index in [9.17, 15) is 13.2 Å². The molecule has 8 heteroatoms. The molecule has 2 aromatic rings. The Balaban J connectivity index is 1.58. The highest BCUT2D eigenvalue weighted by atomic mass is 32.2. The Bertz CT molecular complexity index is 715. The molecule has 1 aliphatic rings. The number of furan rings is 1. The molecule has 2 aromatic heterocycles. The summed E-state index contributed by atoms with van der Waals surface area (Å²) in [6.45, 7) is 2.12. The van der Waals surface area contributed by atoms with E-state index in [1.54, 1.807) is 29.6 Å². The van der Waals surface area contributed by atoms with Crippen molar-refractivity contribution < 1.29 is 17.6 Å². The average Bonchev–Trinajstić information content (AvgIpc) is 3.21. The molecule has 0 atom stereocenters. The number of carbonyl (C=O) groups is 1. The molecule has 6 nitrogen and oxygen atoms in total. The van der Waals surface area contributed by atoms with E-state index in [0.717, 1.165) is 0 Å². The number of hydrogen-bond acceptors (Lipinski definition) is 6. The Morgan fingerprint density at radius 1 is 1.18 bits per heavy atom. The molecule has 118 valence electrons. The summed E-state index contributed by atoms with van der Waals surface area (Å²) in [5.41, 5.74) is 0. The molecular weight excluding hydrogens is 324 g/mol. The van der Waals surface area contributed by atoms with Crippen molar-refractivity contribution >= 4 is 27.1 Å². The number of thiophene rings is 1. The van der Waals surface area contributed by atoms with Crippen molar-refractivity contribution in [3.05, 3.63) is 41.7 Å². The fourth-order valence-electron chi connectivity index (χ4n) is 2.38. The molecule has 3 rings (SSSR count). The second-order valence-corrected chi connectivity index (χ2v) is 8.13. The van der Waals surface area contributed by atoms with E-state index in [4.69, 9.17) is 4.42 Å². The van der Waals surface area contributed by atoms with E-state index >= 15 is 0 Å². The fraction of sp³-hybridized carbons (Fsp3) is 0.357. The van der Waals surface area contributed by atoms with Gasteiger partial charge in [-0.15, -0.1) is 11.3 Å². The minimum Gasteiger partial charge on any atom is -0.461 e. The minimum absolute atomic E-state index is 0.0837. The molecule has 3 heterocycles. The second-order valence-electron chi connectivity index (χ2n) is 5.01. The number of carbonyl (C=O) groups excluding carboxylic acids is 1. The summed E-state index contributed by atoms with van der Waals surface area (Å²) in [5, 5.41) is 1.76. The van der Waals surface area contributed by atoms with Gasteiger partial charge < -0.3 is 4.42 Å². The average molecular weight is 340 g/mol. The first kappa shape index (κ1) is 15.4. The molecule has 1 saturated heterocycles. The van der Waals surface area contributed by atoms with Crippen molar-refractivity contribution in [2.75, 3.05) is 32.7 Å². The molecule has 0 aromatic carbocycles. The van der Waals surface area contributed by atoms with Crippen LogP contribution in [0.4, 0.5) is 0 Å². The maximum atomic E-state index is 12.4. The van der Waals surface area contributed by atoms with Crippen LogP contribution >= 0.6 is 11.3 Å². The van der Waals surface area contributed by atoms with Crippen LogP contribution in [0.5, 0.6) is 0 Å². The van der Waals surface area contributed by atoms with E-state index in [0.29, 0.717) is 36.1 Å². The van der Waals surface area contributed by atoms with Gasteiger partial charge in [0.25, 0.3) is 10.0 Å². The topological polar surface area (TPSA) is 70.8 Å². The van der Waals surface area contributed by atoms with Crippen LogP contribution in [0.2, 0.25) is 0 Å². The number of hydrogen-bond donors (Lipinski definition) is 0. The summed E-state index contributed by atoms with van der Waals surface area (Å²) >= 11 is 1.22. The van der Waals surface area contributed by atoms with E-state index in [2.05, 4.69) is 0 Å². The van der Waals surface area contributed by atoms with Crippen molar-refractivity contribution in [2.24, 2.45) is 0 Å². The van der Waals surface area contributed by atoms with Gasteiger partial charge in [-0.3, -0.25) is 9.69 Å². The summed E-state index contributed by atoms with van der Waals surface area (Å²) in [6, 6.07) is 6.67. The van der Waals surface area contributed by atoms with Gasteiger partial charge in [0.05, 0.1) is 12.8 Å². The van der Waals surface area contributed by atoms with Crippen LogP contribution in [-0.4, -0.2) is 56.1 Å². The van der Waals surface area contributed by atoms with Gasteiger partial charge in [-0.05, 0) is 23.6 Å². The van der Waals surface area contributed by atoms with E-state index in [1.807, 2.05) is 4.90 Å². The number of ketones is 1. The number of sulfonamides is 1. The van der Waals surface area contributed by atoms with E-state index in [1.165, 1.54) is 21.9 Å². The number of Topliss-reactive ketones (excluding diaryl/α,β-unsaturated/α-hetero) is 1. The van der Waals surface area contributed by atoms with Crippen molar-refractivity contribution in [1.29, 1.82) is 0 Å². The SMILES string of the molecule is O=C(CN1CCN(S(=O)(=O)c2cccs2)CC1)c1ccco1. The maximum absolute atomic E-state index is 12.4. The molecule has 0 unspecified atom stereocenters. The van der Waals surface area contributed by atoms with Crippen LogP contribution in [0.3, 0.4) is 0 Å². The Labute approximate surface area is 133 Å². The molecule has 0 radical (unpaired) electrons. The highest BCUT2D eigenvalue weighted by Crippen LogP contribution is 2.22. The first-order valence-electron chi connectivity index (χ1n) is 6.90. The monoisotopic (exact) mass is 340 g/mol.